The van der Waals surface area contributed by atoms with Gasteiger partial charge in [-0.25, -0.2) is 0 Å². The van der Waals surface area contributed by atoms with Crippen molar-refractivity contribution in [3.8, 4) is 0 Å². The van der Waals surface area contributed by atoms with Gasteiger partial charge in [0.05, 0.1) is 5.41 Å². The van der Waals surface area contributed by atoms with Crippen molar-refractivity contribution in [3.05, 3.63) is 46.2 Å². The Kier molecular flexibility index (Phi) is 4.93. The lowest BCUT2D eigenvalue weighted by Crippen LogP contribution is -2.28. The summed E-state index contributed by atoms with van der Waals surface area (Å²) >= 11 is 2.94. The van der Waals surface area contributed by atoms with Crippen molar-refractivity contribution < 1.29 is 14.7 Å². The Morgan fingerprint density at radius 2 is 1.82 bits per heavy atom. The van der Waals surface area contributed by atoms with Crippen LogP contribution in [0.5, 0.6) is 0 Å². The first kappa shape index (κ1) is 16.6. The molecule has 22 heavy (non-hydrogen) atoms. The molecule has 1 aromatic carbocycles. The van der Waals surface area contributed by atoms with E-state index in [1.807, 2.05) is 17.7 Å². The third kappa shape index (κ3) is 3.34. The van der Waals surface area contributed by atoms with E-state index < -0.39 is 11.4 Å². The number of benzene rings is 1. The number of nitrogens with one attached hydrogen (secondary N) is 1. The number of carboxylic acids is 1. The standard InChI is InChI=1S/C16H17NO3S2/c1-16(2,15(19)20)10-4-6-11(7-5-10)17-14(18)13-12(21-3)8-9-22-13/h4-9H,1-3H3,(H,17,18)(H,19,20). The molecule has 0 aliphatic carbocycles. The fourth-order valence-electron chi connectivity index (χ4n) is 1.91. The van der Waals surface area contributed by atoms with E-state index in [0.717, 1.165) is 4.90 Å². The minimum Gasteiger partial charge on any atom is -0.481 e. The lowest BCUT2D eigenvalue weighted by molar-refractivity contribution is -0.142. The van der Waals surface area contributed by atoms with E-state index in [0.29, 0.717) is 16.1 Å². The summed E-state index contributed by atoms with van der Waals surface area (Å²) in [5.74, 6) is -1.03. The quantitative estimate of drug-likeness (QED) is 0.808. The SMILES string of the molecule is CSc1ccsc1C(=O)Nc1ccc(C(C)(C)C(=O)O)cc1. The summed E-state index contributed by atoms with van der Waals surface area (Å²) in [6.45, 7) is 3.30. The number of carbonyl (C=O) groups is 2. The molecule has 4 nitrogen and oxygen atoms in total. The normalized spacial score (nSPS) is 11.2. The van der Waals surface area contributed by atoms with Crippen LogP contribution in [0.3, 0.4) is 0 Å². The van der Waals surface area contributed by atoms with E-state index in [4.69, 9.17) is 0 Å². The molecule has 0 fully saturated rings. The first-order valence-corrected chi connectivity index (χ1v) is 8.73. The molecule has 2 aromatic rings. The first-order valence-electron chi connectivity index (χ1n) is 6.63. The average Bonchev–Trinajstić information content (AvgIpc) is 2.96. The van der Waals surface area contributed by atoms with Crippen LogP contribution in [0.4, 0.5) is 5.69 Å². The summed E-state index contributed by atoms with van der Waals surface area (Å²) in [6.07, 6.45) is 1.93. The molecule has 0 aliphatic rings. The highest BCUT2D eigenvalue weighted by atomic mass is 32.2. The molecule has 0 bridgehead atoms. The fourth-order valence-corrected chi connectivity index (χ4v) is 3.55. The summed E-state index contributed by atoms with van der Waals surface area (Å²) in [6, 6.07) is 8.83. The van der Waals surface area contributed by atoms with Crippen molar-refractivity contribution in [3.63, 3.8) is 0 Å². The smallest absolute Gasteiger partial charge is 0.313 e. The molecule has 0 radical (unpaired) electrons. The highest BCUT2D eigenvalue weighted by Gasteiger charge is 2.29. The Morgan fingerprint density at radius 1 is 1.18 bits per heavy atom. The second kappa shape index (κ2) is 6.54. The van der Waals surface area contributed by atoms with Gasteiger partial charge in [0.2, 0.25) is 0 Å². The lowest BCUT2D eigenvalue weighted by atomic mass is 9.85. The van der Waals surface area contributed by atoms with E-state index in [1.54, 1.807) is 38.1 Å². The fraction of sp³-hybridized carbons (Fsp3) is 0.250. The van der Waals surface area contributed by atoms with Gasteiger partial charge in [-0.2, -0.15) is 0 Å². The van der Waals surface area contributed by atoms with Crippen molar-refractivity contribution >= 4 is 40.7 Å². The van der Waals surface area contributed by atoms with Crippen LogP contribution >= 0.6 is 23.1 Å². The van der Waals surface area contributed by atoms with Gasteiger partial charge < -0.3 is 10.4 Å². The molecule has 0 spiro atoms. The molecule has 1 heterocycles. The minimum atomic E-state index is -0.956. The van der Waals surface area contributed by atoms with Crippen molar-refractivity contribution in [2.75, 3.05) is 11.6 Å². The van der Waals surface area contributed by atoms with Crippen LogP contribution in [0.1, 0.15) is 29.1 Å². The van der Waals surface area contributed by atoms with Crippen molar-refractivity contribution in [1.82, 2.24) is 0 Å². The number of thiophene rings is 1. The molecule has 2 N–H and O–H groups in total. The van der Waals surface area contributed by atoms with Gasteiger partial charge in [0.25, 0.3) is 5.91 Å². The number of amides is 1. The van der Waals surface area contributed by atoms with Crippen molar-refractivity contribution in [1.29, 1.82) is 0 Å². The summed E-state index contributed by atoms with van der Waals surface area (Å²) in [7, 11) is 0. The molecule has 0 aliphatic heterocycles. The van der Waals surface area contributed by atoms with Gasteiger partial charge in [-0.15, -0.1) is 23.1 Å². The Balaban J connectivity index is 2.15. The molecule has 2 rings (SSSR count). The third-order valence-corrected chi connectivity index (χ3v) is 5.28. The molecule has 1 amide bonds. The van der Waals surface area contributed by atoms with Gasteiger partial charge in [0, 0.05) is 10.6 Å². The van der Waals surface area contributed by atoms with Crippen molar-refractivity contribution in [2.24, 2.45) is 0 Å². The summed E-state index contributed by atoms with van der Waals surface area (Å²) in [5, 5.41) is 13.9. The monoisotopic (exact) mass is 335 g/mol. The Labute approximate surface area is 137 Å². The van der Waals surface area contributed by atoms with Crippen LogP contribution < -0.4 is 5.32 Å². The zero-order chi connectivity index (χ0) is 16.3. The number of rotatable bonds is 5. The zero-order valence-electron chi connectivity index (χ0n) is 12.5. The van der Waals surface area contributed by atoms with Gasteiger partial charge in [0.1, 0.15) is 4.88 Å². The van der Waals surface area contributed by atoms with Crippen LogP contribution in [-0.2, 0) is 10.2 Å². The van der Waals surface area contributed by atoms with Gasteiger partial charge in [-0.1, -0.05) is 12.1 Å². The van der Waals surface area contributed by atoms with E-state index in [9.17, 15) is 14.7 Å². The molecule has 0 atom stereocenters. The lowest BCUT2D eigenvalue weighted by Gasteiger charge is -2.19. The molecule has 0 saturated carbocycles. The van der Waals surface area contributed by atoms with Gasteiger partial charge in [0.15, 0.2) is 0 Å². The van der Waals surface area contributed by atoms with Gasteiger partial charge >= 0.3 is 5.97 Å². The highest BCUT2D eigenvalue weighted by Crippen LogP contribution is 2.28. The van der Waals surface area contributed by atoms with Crippen LogP contribution in [0.25, 0.3) is 0 Å². The number of thioether (sulfide) groups is 1. The van der Waals surface area contributed by atoms with Crippen LogP contribution in [0.2, 0.25) is 0 Å². The molecule has 116 valence electrons. The zero-order valence-corrected chi connectivity index (χ0v) is 14.2. The van der Waals surface area contributed by atoms with E-state index in [2.05, 4.69) is 5.32 Å². The number of hydrogen-bond acceptors (Lipinski definition) is 4. The number of carboxylic acid groups (broad SMARTS) is 1. The minimum absolute atomic E-state index is 0.149. The Morgan fingerprint density at radius 3 is 2.36 bits per heavy atom. The summed E-state index contributed by atoms with van der Waals surface area (Å²) in [5.41, 5.74) is 0.386. The number of carbonyl (C=O) groups excluding carboxylic acids is 1. The molecular weight excluding hydrogens is 318 g/mol. The molecule has 0 saturated heterocycles. The molecule has 0 unspecified atom stereocenters. The summed E-state index contributed by atoms with van der Waals surface area (Å²) < 4.78 is 0. The van der Waals surface area contributed by atoms with Gasteiger partial charge in [-0.05, 0) is 49.2 Å². The van der Waals surface area contributed by atoms with E-state index in [1.165, 1.54) is 23.1 Å². The first-order chi connectivity index (χ1) is 10.4. The maximum Gasteiger partial charge on any atom is 0.313 e. The maximum atomic E-state index is 12.2. The van der Waals surface area contributed by atoms with E-state index >= 15 is 0 Å². The Hall–Kier alpha value is -1.79. The van der Waals surface area contributed by atoms with Crippen LogP contribution in [0.15, 0.2) is 40.6 Å². The number of hydrogen-bond donors (Lipinski definition) is 2. The number of anilines is 1. The molecule has 1 aromatic heterocycles. The molecular formula is C16H17NO3S2. The van der Waals surface area contributed by atoms with E-state index in [-0.39, 0.29) is 5.91 Å². The predicted molar refractivity (Wildman–Crippen MR) is 91.2 cm³/mol. The van der Waals surface area contributed by atoms with Crippen LogP contribution in [0, 0.1) is 0 Å². The largest absolute Gasteiger partial charge is 0.481 e. The number of aliphatic carboxylic acids is 1. The second-order valence-corrected chi connectivity index (χ2v) is 7.04. The second-order valence-electron chi connectivity index (χ2n) is 5.28. The average molecular weight is 335 g/mol. The predicted octanol–water partition coefficient (Wildman–Crippen LogP) is 4.08. The Bertz CT molecular complexity index is 690. The van der Waals surface area contributed by atoms with Gasteiger partial charge in [-0.3, -0.25) is 9.59 Å². The van der Waals surface area contributed by atoms with Crippen molar-refractivity contribution in [2.45, 2.75) is 24.2 Å². The third-order valence-electron chi connectivity index (χ3n) is 3.45. The summed E-state index contributed by atoms with van der Waals surface area (Å²) in [4.78, 5) is 25.1. The topological polar surface area (TPSA) is 66.4 Å². The maximum absolute atomic E-state index is 12.2. The molecule has 6 heteroatoms. The highest BCUT2D eigenvalue weighted by molar-refractivity contribution is 7.98. The van der Waals surface area contributed by atoms with Crippen LogP contribution in [-0.4, -0.2) is 23.2 Å².